The van der Waals surface area contributed by atoms with Crippen LogP contribution in [0.5, 0.6) is 0 Å². The number of rotatable bonds is 17. The lowest BCUT2D eigenvalue weighted by molar-refractivity contribution is -0.211. The molecule has 0 aromatic heterocycles. The predicted octanol–water partition coefficient (Wildman–Crippen LogP) is 4.13. The highest BCUT2D eigenvalue weighted by molar-refractivity contribution is 4.88. The number of aliphatic hydroxyl groups is 3. The maximum absolute atomic E-state index is 9.98. The molecule has 5 nitrogen and oxygen atoms in total. The summed E-state index contributed by atoms with van der Waals surface area (Å²) in [6.45, 7) is 2.53. The number of hydrogen-bond donors (Lipinski definition) is 3. The van der Waals surface area contributed by atoms with Gasteiger partial charge in [0.05, 0.1) is 19.8 Å². The quantitative estimate of drug-likeness (QED) is 0.253. The normalized spacial score (nSPS) is 25.6. The van der Waals surface area contributed by atoms with Crippen LogP contribution in [-0.2, 0) is 9.47 Å². The van der Waals surface area contributed by atoms with E-state index >= 15 is 0 Å². The summed E-state index contributed by atoms with van der Waals surface area (Å²) in [6, 6.07) is 0. The van der Waals surface area contributed by atoms with Crippen molar-refractivity contribution in [2.45, 2.75) is 115 Å². The molecule has 1 heterocycles. The molecule has 0 unspecified atom stereocenters. The Hall–Kier alpha value is -0.460. The molecule has 28 heavy (non-hydrogen) atoms. The Morgan fingerprint density at radius 3 is 2.04 bits per heavy atom. The van der Waals surface area contributed by atoms with Gasteiger partial charge in [-0.3, -0.25) is 0 Å². The maximum Gasteiger partial charge on any atom is 0.114 e. The van der Waals surface area contributed by atoms with E-state index in [0.29, 0.717) is 6.61 Å². The molecule has 0 aromatic carbocycles. The van der Waals surface area contributed by atoms with E-state index in [0.717, 1.165) is 12.8 Å². The van der Waals surface area contributed by atoms with Crippen molar-refractivity contribution in [1.82, 2.24) is 0 Å². The van der Waals surface area contributed by atoms with Crippen LogP contribution in [0.1, 0.15) is 90.4 Å². The topological polar surface area (TPSA) is 79.2 Å². The fourth-order valence-electron chi connectivity index (χ4n) is 3.65. The maximum atomic E-state index is 9.98. The Balaban J connectivity index is 1.91. The Kier molecular flexibility index (Phi) is 15.9. The molecule has 0 aliphatic carbocycles. The molecule has 3 N–H and O–H groups in total. The van der Waals surface area contributed by atoms with Gasteiger partial charge in [-0.25, -0.2) is 0 Å². The van der Waals surface area contributed by atoms with Crippen molar-refractivity contribution >= 4 is 0 Å². The zero-order valence-corrected chi connectivity index (χ0v) is 17.9. The molecule has 0 bridgehead atoms. The van der Waals surface area contributed by atoms with Crippen molar-refractivity contribution in [3.63, 3.8) is 0 Å². The number of unbranched alkanes of at least 4 members (excludes halogenated alkanes) is 11. The molecule has 1 aliphatic heterocycles. The zero-order chi connectivity index (χ0) is 20.5. The second-order valence-corrected chi connectivity index (χ2v) is 8.03. The predicted molar refractivity (Wildman–Crippen MR) is 113 cm³/mol. The van der Waals surface area contributed by atoms with Crippen LogP contribution < -0.4 is 0 Å². The van der Waals surface area contributed by atoms with E-state index in [4.69, 9.17) is 9.47 Å². The Morgan fingerprint density at radius 2 is 1.43 bits per heavy atom. The van der Waals surface area contributed by atoms with Gasteiger partial charge in [0, 0.05) is 0 Å². The lowest BCUT2D eigenvalue weighted by atomic mass is 10.0. The first-order valence-corrected chi connectivity index (χ1v) is 11.6. The van der Waals surface area contributed by atoms with E-state index in [-0.39, 0.29) is 13.2 Å². The minimum atomic E-state index is -1.01. The molecular formula is C23H44O5. The summed E-state index contributed by atoms with van der Waals surface area (Å²) in [5.41, 5.74) is 0. The van der Waals surface area contributed by atoms with E-state index < -0.39 is 24.4 Å². The smallest absolute Gasteiger partial charge is 0.114 e. The van der Waals surface area contributed by atoms with Crippen LogP contribution in [0, 0.1) is 0 Å². The largest absolute Gasteiger partial charge is 0.394 e. The highest BCUT2D eigenvalue weighted by atomic mass is 16.6. The standard InChI is InChI=1S/C23H44O5/c1-2-3-4-5-6-7-8-9-10-11-12-13-14-15-16-17-27-23-21(18-24)28-19-20(25)22(23)26/h14-15,20-26H,2-13,16-19H2,1H3/b15-14+/t20-,21+,22+,23+/m1/s1. The summed E-state index contributed by atoms with van der Waals surface area (Å²) in [4.78, 5) is 0. The fraction of sp³-hybridized carbons (Fsp3) is 0.913. The molecule has 0 spiro atoms. The molecule has 0 aromatic rings. The van der Waals surface area contributed by atoms with E-state index in [9.17, 15) is 15.3 Å². The van der Waals surface area contributed by atoms with Crippen molar-refractivity contribution in [1.29, 1.82) is 0 Å². The fourth-order valence-corrected chi connectivity index (χ4v) is 3.65. The minimum absolute atomic E-state index is 0.0329. The lowest BCUT2D eigenvalue weighted by Crippen LogP contribution is -2.55. The van der Waals surface area contributed by atoms with Crippen molar-refractivity contribution in [3.05, 3.63) is 12.2 Å². The van der Waals surface area contributed by atoms with E-state index in [2.05, 4.69) is 19.1 Å². The summed E-state index contributed by atoms with van der Waals surface area (Å²) < 4.78 is 10.9. The molecule has 1 fully saturated rings. The second-order valence-electron chi connectivity index (χ2n) is 8.03. The van der Waals surface area contributed by atoms with Gasteiger partial charge in [-0.1, -0.05) is 83.3 Å². The molecule has 166 valence electrons. The number of hydrogen-bond acceptors (Lipinski definition) is 5. The average molecular weight is 401 g/mol. The monoisotopic (exact) mass is 400 g/mol. The van der Waals surface area contributed by atoms with Gasteiger partial charge in [0.2, 0.25) is 0 Å². The first-order chi connectivity index (χ1) is 13.7. The molecule has 0 saturated carbocycles. The molecule has 0 radical (unpaired) electrons. The van der Waals surface area contributed by atoms with Gasteiger partial charge >= 0.3 is 0 Å². The van der Waals surface area contributed by atoms with Gasteiger partial charge in [0.25, 0.3) is 0 Å². The van der Waals surface area contributed by atoms with Gasteiger partial charge in [-0.05, 0) is 19.3 Å². The molecule has 1 saturated heterocycles. The number of allylic oxidation sites excluding steroid dienone is 1. The van der Waals surface area contributed by atoms with Crippen molar-refractivity contribution in [3.8, 4) is 0 Å². The van der Waals surface area contributed by atoms with E-state index in [1.807, 2.05) is 0 Å². The van der Waals surface area contributed by atoms with Gasteiger partial charge in [-0.15, -0.1) is 0 Å². The van der Waals surface area contributed by atoms with Gasteiger partial charge in [-0.2, -0.15) is 0 Å². The van der Waals surface area contributed by atoms with Crippen LogP contribution in [0.2, 0.25) is 0 Å². The summed E-state index contributed by atoms with van der Waals surface area (Å²) in [6.07, 6.45) is 18.0. The SMILES string of the molecule is CCCCCCCCCCCCC/C=C/CCO[C@@H]1[C@@H](O)[C@H](O)CO[C@H]1CO. The molecule has 1 rings (SSSR count). The van der Waals surface area contributed by atoms with Crippen molar-refractivity contribution < 1.29 is 24.8 Å². The number of ether oxygens (including phenoxy) is 2. The van der Waals surface area contributed by atoms with Gasteiger partial charge in [0.1, 0.15) is 24.4 Å². The van der Waals surface area contributed by atoms with E-state index in [1.54, 1.807) is 0 Å². The first kappa shape index (κ1) is 25.6. The highest BCUT2D eigenvalue weighted by Gasteiger charge is 2.39. The third-order valence-corrected chi connectivity index (χ3v) is 5.49. The molecule has 1 aliphatic rings. The van der Waals surface area contributed by atoms with Crippen LogP contribution in [0.3, 0.4) is 0 Å². The van der Waals surface area contributed by atoms with Crippen molar-refractivity contribution in [2.24, 2.45) is 0 Å². The highest BCUT2D eigenvalue weighted by Crippen LogP contribution is 2.19. The van der Waals surface area contributed by atoms with Crippen LogP contribution in [0.4, 0.5) is 0 Å². The Bertz CT molecular complexity index is 372. The Labute approximate surface area is 172 Å². The Morgan fingerprint density at radius 1 is 0.857 bits per heavy atom. The van der Waals surface area contributed by atoms with Gasteiger partial charge < -0.3 is 24.8 Å². The third kappa shape index (κ3) is 11.5. The van der Waals surface area contributed by atoms with Crippen LogP contribution >= 0.6 is 0 Å². The third-order valence-electron chi connectivity index (χ3n) is 5.49. The first-order valence-electron chi connectivity index (χ1n) is 11.6. The van der Waals surface area contributed by atoms with Crippen LogP contribution in [-0.4, -0.2) is 59.6 Å². The summed E-state index contributed by atoms with van der Waals surface area (Å²) >= 11 is 0. The summed E-state index contributed by atoms with van der Waals surface area (Å²) in [5.74, 6) is 0. The average Bonchev–Trinajstić information content (AvgIpc) is 2.70. The molecule has 5 heteroatoms. The molecule has 4 atom stereocenters. The summed E-state index contributed by atoms with van der Waals surface area (Å²) in [7, 11) is 0. The lowest BCUT2D eigenvalue weighted by Gasteiger charge is -2.37. The summed E-state index contributed by atoms with van der Waals surface area (Å²) in [5, 5.41) is 28.9. The van der Waals surface area contributed by atoms with E-state index in [1.165, 1.54) is 70.6 Å². The van der Waals surface area contributed by atoms with Crippen molar-refractivity contribution in [2.75, 3.05) is 19.8 Å². The minimum Gasteiger partial charge on any atom is -0.394 e. The van der Waals surface area contributed by atoms with Crippen LogP contribution in [0.15, 0.2) is 12.2 Å². The molecule has 0 amide bonds. The number of aliphatic hydroxyl groups excluding tert-OH is 3. The van der Waals surface area contributed by atoms with Crippen LogP contribution in [0.25, 0.3) is 0 Å². The second kappa shape index (κ2) is 17.4. The molecular weight excluding hydrogens is 356 g/mol. The van der Waals surface area contributed by atoms with Gasteiger partial charge in [0.15, 0.2) is 0 Å². The zero-order valence-electron chi connectivity index (χ0n) is 17.9.